The van der Waals surface area contributed by atoms with Crippen LogP contribution >= 0.6 is 0 Å². The zero-order chi connectivity index (χ0) is 14.7. The van der Waals surface area contributed by atoms with Crippen LogP contribution in [0.5, 0.6) is 0 Å². The third-order valence-electron chi connectivity index (χ3n) is 2.77. The van der Waals surface area contributed by atoms with E-state index in [4.69, 9.17) is 14.8 Å². The SMILES string of the molecule is Cc1cc(C#N)ccc1CS(=O)c1ccc(C(=O)O)o1. The number of aromatic carboxylic acids is 1. The van der Waals surface area contributed by atoms with Crippen molar-refractivity contribution in [1.82, 2.24) is 0 Å². The molecule has 102 valence electrons. The van der Waals surface area contributed by atoms with Crippen molar-refractivity contribution in [2.24, 2.45) is 0 Å². The van der Waals surface area contributed by atoms with Crippen molar-refractivity contribution in [3.8, 4) is 6.07 Å². The average molecular weight is 289 g/mol. The number of benzene rings is 1. The fraction of sp³-hybridized carbons (Fsp3) is 0.143. The molecule has 2 rings (SSSR count). The molecule has 0 fully saturated rings. The van der Waals surface area contributed by atoms with Gasteiger partial charge in [-0.25, -0.2) is 4.79 Å². The zero-order valence-electron chi connectivity index (χ0n) is 10.6. The Bertz CT molecular complexity index is 727. The summed E-state index contributed by atoms with van der Waals surface area (Å²) in [6.07, 6.45) is 0. The summed E-state index contributed by atoms with van der Waals surface area (Å²) in [5, 5.41) is 17.7. The lowest BCUT2D eigenvalue weighted by atomic mass is 10.1. The van der Waals surface area contributed by atoms with Gasteiger partial charge < -0.3 is 9.52 Å². The standard InChI is InChI=1S/C14H11NO4S/c1-9-6-10(7-15)2-3-11(9)8-20(18)13-5-4-12(19-13)14(16)17/h2-6H,8H2,1H3,(H,16,17). The van der Waals surface area contributed by atoms with Gasteiger partial charge in [-0.05, 0) is 42.3 Å². The van der Waals surface area contributed by atoms with Crippen molar-refractivity contribution < 1.29 is 18.5 Å². The zero-order valence-corrected chi connectivity index (χ0v) is 11.4. The van der Waals surface area contributed by atoms with Gasteiger partial charge in [0.2, 0.25) is 5.76 Å². The predicted octanol–water partition coefficient (Wildman–Crippen LogP) is 2.47. The van der Waals surface area contributed by atoms with Gasteiger partial charge in [0, 0.05) is 0 Å². The fourth-order valence-corrected chi connectivity index (χ4v) is 2.85. The molecule has 0 aliphatic heterocycles. The van der Waals surface area contributed by atoms with Gasteiger partial charge in [-0.2, -0.15) is 5.26 Å². The molecular formula is C14H11NO4S. The lowest BCUT2D eigenvalue weighted by Crippen LogP contribution is -1.98. The highest BCUT2D eigenvalue weighted by molar-refractivity contribution is 7.84. The maximum absolute atomic E-state index is 12.1. The molecule has 0 radical (unpaired) electrons. The summed E-state index contributed by atoms with van der Waals surface area (Å²) in [6, 6.07) is 9.84. The van der Waals surface area contributed by atoms with E-state index < -0.39 is 16.8 Å². The number of furan rings is 1. The molecule has 0 spiro atoms. The molecule has 0 amide bonds. The maximum atomic E-state index is 12.1. The van der Waals surface area contributed by atoms with Crippen molar-refractivity contribution in [3.05, 3.63) is 52.8 Å². The van der Waals surface area contributed by atoms with E-state index in [9.17, 15) is 9.00 Å². The van der Waals surface area contributed by atoms with Crippen molar-refractivity contribution in [2.75, 3.05) is 0 Å². The van der Waals surface area contributed by atoms with E-state index in [0.29, 0.717) is 5.56 Å². The lowest BCUT2D eigenvalue weighted by Gasteiger charge is -2.04. The Kier molecular flexibility index (Phi) is 4.01. The van der Waals surface area contributed by atoms with Gasteiger partial charge in [0.25, 0.3) is 0 Å². The van der Waals surface area contributed by atoms with E-state index >= 15 is 0 Å². The summed E-state index contributed by atoms with van der Waals surface area (Å²) in [5.74, 6) is -1.21. The Hall–Kier alpha value is -2.39. The molecule has 0 aliphatic rings. The Morgan fingerprint density at radius 2 is 2.15 bits per heavy atom. The number of aryl methyl sites for hydroxylation is 1. The van der Waals surface area contributed by atoms with Crippen LogP contribution in [0.4, 0.5) is 0 Å². The average Bonchev–Trinajstić information content (AvgIpc) is 2.91. The Labute approximate surface area is 117 Å². The predicted molar refractivity (Wildman–Crippen MR) is 71.7 cm³/mol. The smallest absolute Gasteiger partial charge is 0.371 e. The molecule has 1 N–H and O–H groups in total. The first kappa shape index (κ1) is 14.0. The molecule has 6 heteroatoms. The number of carboxylic acids is 1. The van der Waals surface area contributed by atoms with Crippen LogP contribution in [-0.2, 0) is 16.6 Å². The number of nitrogens with zero attached hydrogens (tertiary/aromatic N) is 1. The van der Waals surface area contributed by atoms with Crippen LogP contribution in [0.15, 0.2) is 39.8 Å². The van der Waals surface area contributed by atoms with Gasteiger partial charge in [0.15, 0.2) is 5.09 Å². The van der Waals surface area contributed by atoms with Crippen molar-refractivity contribution in [2.45, 2.75) is 17.8 Å². The maximum Gasteiger partial charge on any atom is 0.371 e. The molecule has 5 nitrogen and oxygen atoms in total. The van der Waals surface area contributed by atoms with E-state index in [0.717, 1.165) is 11.1 Å². The molecule has 0 bridgehead atoms. The summed E-state index contributed by atoms with van der Waals surface area (Å²) in [4.78, 5) is 10.7. The van der Waals surface area contributed by atoms with Gasteiger partial charge in [0.05, 0.1) is 28.2 Å². The molecule has 1 aromatic carbocycles. The molecular weight excluding hydrogens is 278 g/mol. The van der Waals surface area contributed by atoms with Crippen molar-refractivity contribution >= 4 is 16.8 Å². The highest BCUT2D eigenvalue weighted by Crippen LogP contribution is 2.18. The first-order valence-electron chi connectivity index (χ1n) is 5.72. The number of carboxylic acid groups (broad SMARTS) is 1. The number of carbonyl (C=O) groups is 1. The third kappa shape index (κ3) is 2.95. The van der Waals surface area contributed by atoms with E-state index in [2.05, 4.69) is 0 Å². The Balaban J connectivity index is 2.19. The summed E-state index contributed by atoms with van der Waals surface area (Å²) >= 11 is 0. The van der Waals surface area contributed by atoms with Crippen LogP contribution in [0.25, 0.3) is 0 Å². The van der Waals surface area contributed by atoms with Crippen LogP contribution in [-0.4, -0.2) is 15.3 Å². The van der Waals surface area contributed by atoms with Crippen LogP contribution in [0.1, 0.15) is 27.2 Å². The monoisotopic (exact) mass is 289 g/mol. The topological polar surface area (TPSA) is 91.3 Å². The second-order valence-electron chi connectivity index (χ2n) is 4.17. The minimum Gasteiger partial charge on any atom is -0.475 e. The number of hydrogen-bond donors (Lipinski definition) is 1. The van der Waals surface area contributed by atoms with Gasteiger partial charge >= 0.3 is 5.97 Å². The first-order chi connectivity index (χ1) is 9.51. The van der Waals surface area contributed by atoms with Crippen molar-refractivity contribution in [3.63, 3.8) is 0 Å². The fourth-order valence-electron chi connectivity index (χ4n) is 1.70. The normalized spacial score (nSPS) is 11.8. The molecule has 0 aliphatic carbocycles. The summed E-state index contributed by atoms with van der Waals surface area (Å²) < 4.78 is 17.1. The molecule has 2 aromatic rings. The van der Waals surface area contributed by atoms with E-state index in [1.807, 2.05) is 13.0 Å². The minimum atomic E-state index is -1.46. The molecule has 1 aromatic heterocycles. The number of hydrogen-bond acceptors (Lipinski definition) is 4. The molecule has 1 atom stereocenters. The highest BCUT2D eigenvalue weighted by Gasteiger charge is 2.15. The van der Waals surface area contributed by atoms with Gasteiger partial charge in [0.1, 0.15) is 0 Å². The second-order valence-corrected chi connectivity index (χ2v) is 5.55. The lowest BCUT2D eigenvalue weighted by molar-refractivity contribution is 0.0656. The van der Waals surface area contributed by atoms with Crippen LogP contribution in [0.3, 0.4) is 0 Å². The highest BCUT2D eigenvalue weighted by atomic mass is 32.2. The van der Waals surface area contributed by atoms with Crippen LogP contribution in [0, 0.1) is 18.3 Å². The minimum absolute atomic E-state index is 0.131. The molecule has 1 heterocycles. The summed E-state index contributed by atoms with van der Waals surface area (Å²) in [6.45, 7) is 1.83. The largest absolute Gasteiger partial charge is 0.475 e. The molecule has 0 saturated carbocycles. The van der Waals surface area contributed by atoms with Gasteiger partial charge in [-0.15, -0.1) is 0 Å². The number of rotatable bonds is 4. The molecule has 20 heavy (non-hydrogen) atoms. The Morgan fingerprint density at radius 1 is 1.40 bits per heavy atom. The summed E-state index contributed by atoms with van der Waals surface area (Å²) in [5.41, 5.74) is 2.24. The quantitative estimate of drug-likeness (QED) is 0.933. The molecule has 1 unspecified atom stereocenters. The summed E-state index contributed by atoms with van der Waals surface area (Å²) in [7, 11) is -1.46. The Morgan fingerprint density at radius 3 is 2.70 bits per heavy atom. The van der Waals surface area contributed by atoms with Gasteiger partial charge in [-0.3, -0.25) is 4.21 Å². The third-order valence-corrected chi connectivity index (χ3v) is 4.02. The van der Waals surface area contributed by atoms with E-state index in [1.54, 1.807) is 18.2 Å². The molecule has 0 saturated heterocycles. The van der Waals surface area contributed by atoms with Crippen LogP contribution in [0.2, 0.25) is 0 Å². The van der Waals surface area contributed by atoms with Crippen molar-refractivity contribution in [1.29, 1.82) is 5.26 Å². The van der Waals surface area contributed by atoms with Gasteiger partial charge in [-0.1, -0.05) is 6.07 Å². The number of nitriles is 1. The second kappa shape index (κ2) is 5.72. The van der Waals surface area contributed by atoms with Crippen LogP contribution < -0.4 is 0 Å². The van der Waals surface area contributed by atoms with E-state index in [-0.39, 0.29) is 16.6 Å². The first-order valence-corrected chi connectivity index (χ1v) is 7.04. The van der Waals surface area contributed by atoms with E-state index in [1.165, 1.54) is 12.1 Å².